The van der Waals surface area contributed by atoms with Gasteiger partial charge in [-0.15, -0.1) is 0 Å². The monoisotopic (exact) mass is 652 g/mol. The van der Waals surface area contributed by atoms with Gasteiger partial charge < -0.3 is 20.7 Å². The van der Waals surface area contributed by atoms with Gasteiger partial charge in [-0.25, -0.2) is 19.0 Å². The van der Waals surface area contributed by atoms with Crippen molar-refractivity contribution in [1.82, 2.24) is 30.0 Å². The number of fused-ring (bicyclic) bond motifs is 1. The van der Waals surface area contributed by atoms with Gasteiger partial charge in [-0.1, -0.05) is 38.8 Å². The summed E-state index contributed by atoms with van der Waals surface area (Å²) < 4.78 is 23.6. The number of benzene rings is 2. The van der Waals surface area contributed by atoms with Crippen LogP contribution in [0.25, 0.3) is 22.3 Å². The number of anilines is 1. The Kier molecular flexibility index (Phi) is 10.7. The summed E-state index contributed by atoms with van der Waals surface area (Å²) in [7, 11) is 1.78. The minimum Gasteiger partial charge on any atom is -0.457 e. The summed E-state index contributed by atoms with van der Waals surface area (Å²) >= 11 is 0. The molecule has 10 nitrogen and oxygen atoms in total. The molecule has 1 aliphatic rings. The molecule has 2 aromatic heterocycles. The van der Waals surface area contributed by atoms with Gasteiger partial charge in [0, 0.05) is 23.7 Å². The number of nitriles is 1. The minimum absolute atomic E-state index is 0.0802. The number of nitrogens with one attached hydrogen (secondary N) is 1. The molecule has 0 spiro atoms. The molecular weight excluding hydrogens is 607 g/mol. The molecule has 0 aliphatic carbocycles. The molecule has 2 aromatic carbocycles. The maximum absolute atomic E-state index is 15.9. The van der Waals surface area contributed by atoms with Crippen LogP contribution in [-0.2, 0) is 11.3 Å². The van der Waals surface area contributed by atoms with Crippen molar-refractivity contribution in [2.24, 2.45) is 0 Å². The number of carbonyl (C=O) groups is 1. The Morgan fingerprint density at radius 2 is 2.02 bits per heavy atom. The number of ether oxygens (including phenoxy) is 1. The Morgan fingerprint density at radius 1 is 1.23 bits per heavy atom. The van der Waals surface area contributed by atoms with Crippen molar-refractivity contribution in [3.05, 3.63) is 71.8 Å². The van der Waals surface area contributed by atoms with Crippen LogP contribution in [-0.4, -0.2) is 55.7 Å². The number of likely N-dealkylation sites (N-methyl/N-ethyl adjacent to an activating group) is 1. The standard InChI is InChI=1S/C37H45FN8O2/c1-6-8-11-24(7-2)25-12-9-14-28(18-25)48-29-15-16-30(31(38)19-29)33-32-34(40)42-23-43-35(32)46(44-33)22-27-13-10-17-45(27)36(47)26(21-39)20-37(3,4)41-5/h9,12,14-16,18-20,23-24,27,41H,6-8,10-11,13,17,22H2,1-5H3,(H2,40,42,43). The molecule has 3 heterocycles. The third-order valence-electron chi connectivity index (χ3n) is 9.24. The van der Waals surface area contributed by atoms with Crippen LogP contribution < -0.4 is 15.8 Å². The van der Waals surface area contributed by atoms with E-state index >= 15 is 4.39 Å². The lowest BCUT2D eigenvalue weighted by Crippen LogP contribution is -2.40. The van der Waals surface area contributed by atoms with Gasteiger partial charge in [0.2, 0.25) is 0 Å². The average Bonchev–Trinajstić information content (AvgIpc) is 3.69. The second-order valence-electron chi connectivity index (χ2n) is 13.0. The van der Waals surface area contributed by atoms with Gasteiger partial charge >= 0.3 is 0 Å². The van der Waals surface area contributed by atoms with E-state index in [2.05, 4.69) is 41.3 Å². The number of amides is 1. The second kappa shape index (κ2) is 14.9. The highest BCUT2D eigenvalue weighted by Gasteiger charge is 2.33. The van der Waals surface area contributed by atoms with E-state index in [1.165, 1.54) is 24.4 Å². The summed E-state index contributed by atoms with van der Waals surface area (Å²) in [5.74, 6) is 0.796. The van der Waals surface area contributed by atoms with Crippen molar-refractivity contribution < 1.29 is 13.9 Å². The summed E-state index contributed by atoms with van der Waals surface area (Å²) in [5, 5.41) is 18.1. The SMILES string of the molecule is CCCCC(CC)c1cccc(Oc2ccc(-c3nn(CC4CCCN4C(=O)C(C#N)=CC(C)(C)NC)c4ncnc(N)c34)c(F)c2)c1. The van der Waals surface area contributed by atoms with Crippen molar-refractivity contribution in [3.8, 4) is 28.8 Å². The van der Waals surface area contributed by atoms with Crippen molar-refractivity contribution in [1.29, 1.82) is 5.26 Å². The first-order valence-electron chi connectivity index (χ1n) is 16.8. The maximum Gasteiger partial charge on any atom is 0.264 e. The number of unbranched alkanes of at least 4 members (excludes halogenated alkanes) is 1. The van der Waals surface area contributed by atoms with E-state index in [9.17, 15) is 10.1 Å². The van der Waals surface area contributed by atoms with Crippen LogP contribution >= 0.6 is 0 Å². The number of nitrogens with zero attached hydrogens (tertiary/aromatic N) is 6. The molecular formula is C37H45FN8O2. The topological polar surface area (TPSA) is 135 Å². The van der Waals surface area contributed by atoms with E-state index in [0.29, 0.717) is 47.2 Å². The number of likely N-dealkylation sites (tertiary alicyclic amines) is 1. The van der Waals surface area contributed by atoms with Crippen LogP contribution in [0, 0.1) is 17.1 Å². The number of halogens is 1. The number of nitrogen functional groups attached to an aromatic ring is 1. The normalized spacial score (nSPS) is 15.9. The largest absolute Gasteiger partial charge is 0.457 e. The van der Waals surface area contributed by atoms with Crippen molar-refractivity contribution in [3.63, 3.8) is 0 Å². The lowest BCUT2D eigenvalue weighted by Gasteiger charge is -2.26. The Bertz CT molecular complexity index is 1840. The zero-order valence-electron chi connectivity index (χ0n) is 28.5. The highest BCUT2D eigenvalue weighted by atomic mass is 19.1. The molecule has 5 rings (SSSR count). The van der Waals surface area contributed by atoms with Gasteiger partial charge in [-0.2, -0.15) is 10.4 Å². The van der Waals surface area contributed by atoms with Crippen LogP contribution in [0.3, 0.4) is 0 Å². The summed E-state index contributed by atoms with van der Waals surface area (Å²) in [6, 6.07) is 14.5. The molecule has 1 amide bonds. The van der Waals surface area contributed by atoms with Gasteiger partial charge in [-0.05, 0) is 88.4 Å². The minimum atomic E-state index is -0.529. The number of aromatic nitrogens is 4. The quantitative estimate of drug-likeness (QED) is 0.115. The zero-order chi connectivity index (χ0) is 34.4. The molecule has 2 atom stereocenters. The number of rotatable bonds is 13. The molecule has 1 aliphatic heterocycles. The maximum atomic E-state index is 15.9. The fourth-order valence-corrected chi connectivity index (χ4v) is 6.34. The first-order valence-corrected chi connectivity index (χ1v) is 16.8. The summed E-state index contributed by atoms with van der Waals surface area (Å²) in [5.41, 5.74) is 8.07. The summed E-state index contributed by atoms with van der Waals surface area (Å²) in [6.07, 6.45) is 8.99. The van der Waals surface area contributed by atoms with Crippen molar-refractivity contribution in [2.75, 3.05) is 19.3 Å². The predicted octanol–water partition coefficient (Wildman–Crippen LogP) is 7.13. The van der Waals surface area contributed by atoms with Crippen molar-refractivity contribution >= 4 is 22.8 Å². The van der Waals surface area contributed by atoms with E-state index in [-0.39, 0.29) is 28.9 Å². The van der Waals surface area contributed by atoms with Crippen LogP contribution in [0.15, 0.2) is 60.4 Å². The van der Waals surface area contributed by atoms with Gasteiger partial charge in [0.15, 0.2) is 5.65 Å². The molecule has 1 saturated heterocycles. The van der Waals surface area contributed by atoms with E-state index < -0.39 is 11.4 Å². The number of carbonyl (C=O) groups excluding carboxylic acids is 1. The van der Waals surface area contributed by atoms with Crippen LogP contribution in [0.2, 0.25) is 0 Å². The molecule has 0 saturated carbocycles. The summed E-state index contributed by atoms with van der Waals surface area (Å²) in [4.78, 5) is 23.8. The molecule has 252 valence electrons. The van der Waals surface area contributed by atoms with Crippen molar-refractivity contribution in [2.45, 2.75) is 90.3 Å². The van der Waals surface area contributed by atoms with Crippen LogP contribution in [0.1, 0.15) is 77.7 Å². The highest BCUT2D eigenvalue weighted by molar-refractivity contribution is 5.99. The molecule has 0 radical (unpaired) electrons. The van der Waals surface area contributed by atoms with Gasteiger partial charge in [0.25, 0.3) is 5.91 Å². The Morgan fingerprint density at radius 3 is 2.73 bits per heavy atom. The smallest absolute Gasteiger partial charge is 0.264 e. The fraction of sp³-hybridized carbons (Fsp3) is 0.432. The highest BCUT2D eigenvalue weighted by Crippen LogP contribution is 2.36. The molecule has 2 unspecified atom stereocenters. The van der Waals surface area contributed by atoms with E-state index in [1.54, 1.807) is 34.8 Å². The molecule has 11 heteroatoms. The average molecular weight is 653 g/mol. The Balaban J connectivity index is 1.42. The van der Waals surface area contributed by atoms with Gasteiger partial charge in [-0.3, -0.25) is 4.79 Å². The second-order valence-corrected chi connectivity index (χ2v) is 13.0. The third kappa shape index (κ3) is 7.50. The van der Waals surface area contributed by atoms with Crippen LogP contribution in [0.5, 0.6) is 11.5 Å². The predicted molar refractivity (Wildman–Crippen MR) is 186 cm³/mol. The Hall–Kier alpha value is -4.82. The molecule has 4 aromatic rings. The van der Waals surface area contributed by atoms with E-state index in [1.807, 2.05) is 32.0 Å². The zero-order valence-corrected chi connectivity index (χ0v) is 28.5. The molecule has 0 bridgehead atoms. The lowest BCUT2D eigenvalue weighted by molar-refractivity contribution is -0.127. The molecule has 48 heavy (non-hydrogen) atoms. The molecule has 3 N–H and O–H groups in total. The number of hydrogen-bond donors (Lipinski definition) is 2. The summed E-state index contributed by atoms with van der Waals surface area (Å²) in [6.45, 7) is 9.00. The third-order valence-corrected chi connectivity index (χ3v) is 9.24. The first-order chi connectivity index (χ1) is 23.1. The fourth-order valence-electron chi connectivity index (χ4n) is 6.34. The number of nitrogens with two attached hydrogens (primary N) is 1. The van der Waals surface area contributed by atoms with E-state index in [0.717, 1.165) is 32.1 Å². The number of hydrogen-bond acceptors (Lipinski definition) is 8. The van der Waals surface area contributed by atoms with E-state index in [4.69, 9.17) is 15.6 Å². The van der Waals surface area contributed by atoms with Crippen LogP contribution in [0.4, 0.5) is 10.2 Å². The van der Waals surface area contributed by atoms with Gasteiger partial charge in [0.1, 0.15) is 46.8 Å². The molecule has 1 fully saturated rings. The lowest BCUT2D eigenvalue weighted by atomic mass is 9.91. The van der Waals surface area contributed by atoms with Gasteiger partial charge in [0.05, 0.1) is 18.0 Å². The Labute approximate surface area is 281 Å². The first kappa shape index (κ1) is 34.5.